The van der Waals surface area contributed by atoms with E-state index in [0.29, 0.717) is 5.41 Å². The van der Waals surface area contributed by atoms with Crippen molar-refractivity contribution in [2.45, 2.75) is 38.4 Å². The van der Waals surface area contributed by atoms with E-state index in [1.54, 1.807) is 10.8 Å². The number of benzene rings is 1. The third kappa shape index (κ3) is 1.26. The maximum absolute atomic E-state index is 2.49. The lowest BCUT2D eigenvalue weighted by Gasteiger charge is -2.21. The van der Waals surface area contributed by atoms with Crippen LogP contribution in [0.25, 0.3) is 0 Å². The van der Waals surface area contributed by atoms with Crippen LogP contribution in [0.1, 0.15) is 19.4 Å². The first-order valence-corrected chi connectivity index (χ1v) is 8.24. The molecule has 1 aliphatic rings. The number of rotatable bonds is 0. The van der Waals surface area contributed by atoms with Gasteiger partial charge < -0.3 is 0 Å². The van der Waals surface area contributed by atoms with Crippen LogP contribution in [-0.4, -0.2) is 8.07 Å². The van der Waals surface area contributed by atoms with Crippen LogP contribution in [0, 0.1) is 0 Å². The molecular weight excluding hydrogens is 172 g/mol. The van der Waals surface area contributed by atoms with Gasteiger partial charge in [0.15, 0.2) is 0 Å². The van der Waals surface area contributed by atoms with Crippen molar-refractivity contribution in [1.82, 2.24) is 0 Å². The van der Waals surface area contributed by atoms with Crippen molar-refractivity contribution in [3.63, 3.8) is 0 Å². The summed E-state index contributed by atoms with van der Waals surface area (Å²) < 4.78 is 0. The molecule has 1 aliphatic heterocycles. The van der Waals surface area contributed by atoms with E-state index in [0.717, 1.165) is 0 Å². The molecule has 1 heteroatoms. The number of hydrogen-bond acceptors (Lipinski definition) is 0. The van der Waals surface area contributed by atoms with Crippen molar-refractivity contribution in [3.05, 3.63) is 29.8 Å². The van der Waals surface area contributed by atoms with Crippen molar-refractivity contribution < 1.29 is 0 Å². The highest BCUT2D eigenvalue weighted by Gasteiger charge is 2.42. The van der Waals surface area contributed by atoms with Crippen LogP contribution in [0.3, 0.4) is 0 Å². The zero-order valence-electron chi connectivity index (χ0n) is 9.02. The topological polar surface area (TPSA) is 0 Å². The Morgan fingerprint density at radius 2 is 1.77 bits per heavy atom. The summed E-state index contributed by atoms with van der Waals surface area (Å²) in [6, 6.07) is 10.4. The average Bonchev–Trinajstić information content (AvgIpc) is 2.20. The van der Waals surface area contributed by atoms with Gasteiger partial charge >= 0.3 is 0 Å². The van der Waals surface area contributed by atoms with Gasteiger partial charge in [0, 0.05) is 0 Å². The maximum Gasteiger partial charge on any atom is 0.0818 e. The minimum atomic E-state index is -1.10. The summed E-state index contributed by atoms with van der Waals surface area (Å²) in [5.74, 6) is 0. The summed E-state index contributed by atoms with van der Waals surface area (Å²) in [6.45, 7) is 9.74. The molecule has 0 bridgehead atoms. The minimum absolute atomic E-state index is 0.423. The van der Waals surface area contributed by atoms with E-state index in [2.05, 4.69) is 51.2 Å². The molecule has 0 radical (unpaired) electrons. The van der Waals surface area contributed by atoms with E-state index in [-0.39, 0.29) is 0 Å². The molecule has 0 spiro atoms. The predicted octanol–water partition coefficient (Wildman–Crippen LogP) is 2.89. The molecule has 0 saturated carbocycles. The van der Waals surface area contributed by atoms with Gasteiger partial charge in [-0.1, -0.05) is 56.4 Å². The van der Waals surface area contributed by atoms with Gasteiger partial charge in [0.2, 0.25) is 0 Å². The lowest BCUT2D eigenvalue weighted by atomic mass is 9.87. The molecule has 70 valence electrons. The molecular formula is C12H18Si. The summed E-state index contributed by atoms with van der Waals surface area (Å²) in [5, 5.41) is 1.68. The van der Waals surface area contributed by atoms with Gasteiger partial charge in [0.1, 0.15) is 0 Å². The zero-order valence-corrected chi connectivity index (χ0v) is 10.0. The van der Waals surface area contributed by atoms with Crippen LogP contribution in [0.4, 0.5) is 0 Å². The molecule has 2 rings (SSSR count). The van der Waals surface area contributed by atoms with Gasteiger partial charge in [-0.15, -0.1) is 0 Å². The second-order valence-corrected chi connectivity index (χ2v) is 10.2. The molecule has 0 saturated heterocycles. The third-order valence-corrected chi connectivity index (χ3v) is 6.93. The summed E-state index contributed by atoms with van der Waals surface area (Å²) in [5.41, 5.74) is 2.03. The van der Waals surface area contributed by atoms with Crippen molar-refractivity contribution in [2.24, 2.45) is 0 Å². The highest BCUT2D eigenvalue weighted by atomic mass is 28.3. The van der Waals surface area contributed by atoms with E-state index < -0.39 is 8.07 Å². The molecule has 0 N–H and O–H groups in total. The van der Waals surface area contributed by atoms with Crippen LogP contribution >= 0.6 is 0 Å². The van der Waals surface area contributed by atoms with Crippen LogP contribution in [-0.2, 0) is 5.41 Å². The zero-order chi connectivity index (χ0) is 9.69. The van der Waals surface area contributed by atoms with E-state index >= 15 is 0 Å². The average molecular weight is 190 g/mol. The van der Waals surface area contributed by atoms with Crippen LogP contribution in [0.2, 0.25) is 19.1 Å². The van der Waals surface area contributed by atoms with Gasteiger partial charge in [0.25, 0.3) is 0 Å². The SMILES string of the molecule is CC1(C)C[Si](C)(C)c2ccccc21. The maximum atomic E-state index is 2.49. The monoisotopic (exact) mass is 190 g/mol. The smallest absolute Gasteiger partial charge is 0.0654 e. The van der Waals surface area contributed by atoms with Crippen LogP contribution in [0.5, 0.6) is 0 Å². The molecule has 1 heterocycles. The Bertz CT molecular complexity index is 304. The highest BCUT2D eigenvalue weighted by molar-refractivity contribution is 6.91. The van der Waals surface area contributed by atoms with Crippen molar-refractivity contribution in [2.75, 3.05) is 0 Å². The molecule has 0 aliphatic carbocycles. The third-order valence-electron chi connectivity index (χ3n) is 3.27. The number of fused-ring (bicyclic) bond motifs is 1. The summed E-state index contributed by atoms with van der Waals surface area (Å²) in [4.78, 5) is 0. The second kappa shape index (κ2) is 2.47. The quantitative estimate of drug-likeness (QED) is 0.552. The highest BCUT2D eigenvalue weighted by Crippen LogP contribution is 2.38. The predicted molar refractivity (Wildman–Crippen MR) is 61.4 cm³/mol. The lowest BCUT2D eigenvalue weighted by Crippen LogP contribution is -2.37. The Hall–Kier alpha value is -0.563. The van der Waals surface area contributed by atoms with E-state index in [1.165, 1.54) is 6.04 Å². The summed E-state index contributed by atoms with van der Waals surface area (Å²) >= 11 is 0. The van der Waals surface area contributed by atoms with Crippen LogP contribution < -0.4 is 5.19 Å². The molecule has 13 heavy (non-hydrogen) atoms. The Morgan fingerprint density at radius 1 is 1.15 bits per heavy atom. The first-order chi connectivity index (χ1) is 5.93. The molecule has 0 nitrogen and oxygen atoms in total. The lowest BCUT2D eigenvalue weighted by molar-refractivity contribution is 0.599. The molecule has 1 aromatic carbocycles. The number of hydrogen-bond donors (Lipinski definition) is 0. The molecule has 0 fully saturated rings. The normalized spacial score (nSPS) is 22.8. The van der Waals surface area contributed by atoms with Crippen molar-refractivity contribution >= 4 is 13.3 Å². The Kier molecular flexibility index (Phi) is 1.72. The summed E-state index contributed by atoms with van der Waals surface area (Å²) in [7, 11) is -1.10. The minimum Gasteiger partial charge on any atom is -0.0654 e. The Balaban J connectivity index is 2.64. The Labute approximate surface area is 82.0 Å². The molecule has 0 unspecified atom stereocenters. The molecule has 1 aromatic rings. The molecule has 0 aromatic heterocycles. The van der Waals surface area contributed by atoms with Gasteiger partial charge in [-0.05, 0) is 17.0 Å². The van der Waals surface area contributed by atoms with Gasteiger partial charge in [0.05, 0.1) is 8.07 Å². The second-order valence-electron chi connectivity index (χ2n) is 5.49. The Morgan fingerprint density at radius 3 is 2.38 bits per heavy atom. The van der Waals surface area contributed by atoms with E-state index in [1.807, 2.05) is 0 Å². The fraction of sp³-hybridized carbons (Fsp3) is 0.500. The molecule has 0 amide bonds. The van der Waals surface area contributed by atoms with Crippen molar-refractivity contribution in [1.29, 1.82) is 0 Å². The molecule has 0 atom stereocenters. The van der Waals surface area contributed by atoms with E-state index in [4.69, 9.17) is 0 Å². The largest absolute Gasteiger partial charge is 0.0818 e. The fourth-order valence-electron chi connectivity index (χ4n) is 2.96. The van der Waals surface area contributed by atoms with Crippen molar-refractivity contribution in [3.8, 4) is 0 Å². The first-order valence-electron chi connectivity index (χ1n) is 5.03. The fourth-order valence-corrected chi connectivity index (χ4v) is 7.25. The summed E-state index contributed by atoms with van der Waals surface area (Å²) in [6.07, 6.45) is 0. The van der Waals surface area contributed by atoms with E-state index in [9.17, 15) is 0 Å². The van der Waals surface area contributed by atoms with Crippen LogP contribution in [0.15, 0.2) is 24.3 Å². The van der Waals surface area contributed by atoms with Gasteiger partial charge in [-0.3, -0.25) is 0 Å². The standard InChI is InChI=1S/C12H18Si/c1-12(2)9-13(3,4)11-8-6-5-7-10(11)12/h5-8H,9H2,1-4H3. The van der Waals surface area contributed by atoms with Gasteiger partial charge in [-0.2, -0.15) is 0 Å². The van der Waals surface area contributed by atoms with Gasteiger partial charge in [-0.25, -0.2) is 0 Å². The first kappa shape index (κ1) is 9.01.